The second-order valence-electron chi connectivity index (χ2n) is 12.8. The molecule has 0 saturated heterocycles. The fourth-order valence-corrected chi connectivity index (χ4v) is 6.47. The number of carbonyl (C=O) groups excluding carboxylic acids is 6. The molecule has 0 aliphatic rings. The van der Waals surface area contributed by atoms with Crippen LogP contribution < -0.4 is 4.74 Å². The molecule has 10 heteroatoms. The number of rotatable bonds is 14. The number of hydrogen-bond acceptors (Lipinski definition) is 10. The highest BCUT2D eigenvalue weighted by Crippen LogP contribution is 2.36. The summed E-state index contributed by atoms with van der Waals surface area (Å²) in [4.78, 5) is 103. The highest BCUT2D eigenvalue weighted by atomic mass is 16.5. The summed E-state index contributed by atoms with van der Waals surface area (Å²) >= 11 is 0. The molecule has 7 aromatic rings. The summed E-state index contributed by atoms with van der Waals surface area (Å²) in [5.41, 5.74) is -2.98. The molecule has 0 bridgehead atoms. The van der Waals surface area contributed by atoms with Gasteiger partial charge in [0.1, 0.15) is 17.1 Å². The van der Waals surface area contributed by atoms with Crippen LogP contribution in [0.15, 0.2) is 164 Å². The van der Waals surface area contributed by atoms with Crippen LogP contribution in [0.3, 0.4) is 0 Å². The molecular formula is C47H31N3O7. The van der Waals surface area contributed by atoms with E-state index in [0.29, 0.717) is 11.1 Å². The Hall–Kier alpha value is -7.85. The van der Waals surface area contributed by atoms with Gasteiger partial charge in [0.05, 0.1) is 5.56 Å². The number of esters is 1. The van der Waals surface area contributed by atoms with Crippen molar-refractivity contribution in [3.63, 3.8) is 0 Å². The monoisotopic (exact) mass is 749 g/mol. The van der Waals surface area contributed by atoms with Crippen molar-refractivity contribution in [3.8, 4) is 5.75 Å². The van der Waals surface area contributed by atoms with Crippen LogP contribution in [-0.2, 0) is 12.8 Å². The molecule has 0 atom stereocenters. The van der Waals surface area contributed by atoms with Crippen molar-refractivity contribution >= 4 is 34.9 Å². The largest absolute Gasteiger partial charge is 0.423 e. The molecule has 0 aliphatic heterocycles. The van der Waals surface area contributed by atoms with Gasteiger partial charge < -0.3 is 4.74 Å². The molecule has 0 N–H and O–H groups in total. The highest BCUT2D eigenvalue weighted by Gasteiger charge is 2.41. The first-order chi connectivity index (χ1) is 27.8. The maximum Gasteiger partial charge on any atom is 0.345 e. The molecule has 3 heterocycles. The average molecular weight is 750 g/mol. The minimum atomic E-state index is -1.21. The molecule has 0 saturated carbocycles. The van der Waals surface area contributed by atoms with Gasteiger partial charge in [0.2, 0.25) is 11.6 Å². The Morgan fingerprint density at radius 1 is 0.421 bits per heavy atom. The van der Waals surface area contributed by atoms with Crippen LogP contribution in [0.25, 0.3) is 0 Å². The van der Waals surface area contributed by atoms with E-state index in [1.54, 1.807) is 97.1 Å². The van der Waals surface area contributed by atoms with Crippen LogP contribution in [0.1, 0.15) is 90.2 Å². The number of carbonyl (C=O) groups is 6. The molecule has 0 amide bonds. The molecule has 0 spiro atoms. The first-order valence-electron chi connectivity index (χ1n) is 17.8. The summed E-state index contributed by atoms with van der Waals surface area (Å²) in [6.07, 6.45) is 4.88. The Kier molecular flexibility index (Phi) is 11.2. The van der Waals surface area contributed by atoms with Crippen LogP contribution in [0.5, 0.6) is 5.75 Å². The molecular weight excluding hydrogens is 719 g/mol. The summed E-state index contributed by atoms with van der Waals surface area (Å²) in [6, 6.07) is 36.5. The van der Waals surface area contributed by atoms with Gasteiger partial charge in [-0.05, 0) is 53.6 Å². The quantitative estimate of drug-likeness (QED) is 0.0617. The number of aromatic nitrogens is 3. The lowest BCUT2D eigenvalue weighted by molar-refractivity contribution is 0.0724. The zero-order chi connectivity index (χ0) is 39.7. The summed E-state index contributed by atoms with van der Waals surface area (Å²) in [6.45, 7) is 0. The minimum absolute atomic E-state index is 0.0331. The second kappa shape index (κ2) is 17.1. The molecule has 0 aliphatic carbocycles. The number of nitrogens with zero attached hydrogens (tertiary/aromatic N) is 3. The van der Waals surface area contributed by atoms with Gasteiger partial charge in [-0.2, -0.15) is 0 Å². The topological polar surface area (TPSA) is 150 Å². The third-order valence-electron chi connectivity index (χ3n) is 9.02. The molecule has 0 unspecified atom stereocenters. The Morgan fingerprint density at radius 2 is 0.895 bits per heavy atom. The van der Waals surface area contributed by atoms with E-state index in [1.165, 1.54) is 67.3 Å². The fraction of sp³-hybridized carbons (Fsp3) is 0.0426. The third-order valence-corrected chi connectivity index (χ3v) is 9.02. The number of para-hydroxylation sites is 1. The molecule has 276 valence electrons. The van der Waals surface area contributed by atoms with Crippen LogP contribution >= 0.6 is 0 Å². The van der Waals surface area contributed by atoms with Crippen molar-refractivity contribution in [2.45, 2.75) is 12.8 Å². The Bertz CT molecular complexity index is 2620. The predicted molar refractivity (Wildman–Crippen MR) is 210 cm³/mol. The van der Waals surface area contributed by atoms with E-state index in [9.17, 15) is 4.79 Å². The van der Waals surface area contributed by atoms with E-state index >= 15 is 24.0 Å². The second-order valence-corrected chi connectivity index (χ2v) is 12.8. The van der Waals surface area contributed by atoms with Crippen molar-refractivity contribution in [3.05, 3.63) is 226 Å². The van der Waals surface area contributed by atoms with Gasteiger partial charge in [0, 0.05) is 71.0 Å². The summed E-state index contributed by atoms with van der Waals surface area (Å²) in [5, 5.41) is 0. The van der Waals surface area contributed by atoms with Crippen molar-refractivity contribution in [2.24, 2.45) is 0 Å². The Balaban J connectivity index is 1.67. The number of benzene rings is 4. The maximum atomic E-state index is 15.1. The molecule has 57 heavy (non-hydrogen) atoms. The number of pyridine rings is 3. The number of ketones is 5. The molecule has 3 aromatic heterocycles. The van der Waals surface area contributed by atoms with Crippen LogP contribution in [0.2, 0.25) is 0 Å². The fourth-order valence-electron chi connectivity index (χ4n) is 6.47. The molecule has 4 aromatic carbocycles. The Labute approximate surface area is 326 Å². The van der Waals surface area contributed by atoms with Gasteiger partial charge in [-0.25, -0.2) is 4.79 Å². The minimum Gasteiger partial charge on any atom is -0.423 e. The van der Waals surface area contributed by atoms with Gasteiger partial charge in [0.15, 0.2) is 17.3 Å². The zero-order valence-corrected chi connectivity index (χ0v) is 30.2. The van der Waals surface area contributed by atoms with E-state index < -0.39 is 74.7 Å². The van der Waals surface area contributed by atoms with E-state index in [0.717, 1.165) is 0 Å². The summed E-state index contributed by atoms with van der Waals surface area (Å²) < 4.78 is 5.86. The summed E-state index contributed by atoms with van der Waals surface area (Å²) in [7, 11) is 0. The third kappa shape index (κ3) is 8.15. The highest BCUT2D eigenvalue weighted by molar-refractivity contribution is 6.33. The SMILES string of the molecule is O=C(Cc1cccnc1)c1c(C(=O)Oc2ccccc2)c(C(=O)c2ccccc2)c(C(=O)Cc2ccccc2)c(C(=O)c2ccccn2)c1C(=O)c1ccccn1. The molecule has 0 fully saturated rings. The van der Waals surface area contributed by atoms with Crippen LogP contribution in [0.4, 0.5) is 0 Å². The van der Waals surface area contributed by atoms with Gasteiger partial charge in [-0.1, -0.05) is 97.1 Å². The summed E-state index contributed by atoms with van der Waals surface area (Å²) in [5.74, 6) is -5.53. The van der Waals surface area contributed by atoms with Crippen molar-refractivity contribution < 1.29 is 33.5 Å². The van der Waals surface area contributed by atoms with Crippen LogP contribution in [0, 0.1) is 0 Å². The van der Waals surface area contributed by atoms with Gasteiger partial charge >= 0.3 is 5.97 Å². The lowest BCUT2D eigenvalue weighted by Gasteiger charge is -2.24. The zero-order valence-electron chi connectivity index (χ0n) is 30.2. The van der Waals surface area contributed by atoms with Gasteiger partial charge in [-0.15, -0.1) is 0 Å². The van der Waals surface area contributed by atoms with Crippen LogP contribution in [-0.4, -0.2) is 49.8 Å². The van der Waals surface area contributed by atoms with E-state index in [-0.39, 0.29) is 29.1 Å². The van der Waals surface area contributed by atoms with Crippen molar-refractivity contribution in [2.75, 3.05) is 0 Å². The average Bonchev–Trinajstić information content (AvgIpc) is 3.26. The predicted octanol–water partition coefficient (Wildman–Crippen LogP) is 7.63. The number of ether oxygens (including phenoxy) is 1. The van der Waals surface area contributed by atoms with Crippen molar-refractivity contribution in [1.29, 1.82) is 0 Å². The smallest absolute Gasteiger partial charge is 0.345 e. The first kappa shape index (κ1) is 37.5. The standard InChI is InChI=1S/C47H31N3O7/c51-36(27-30-15-4-1-5-16-30)38-40(45(54)34-22-10-12-25-49-34)41(46(55)35-23-11-13-26-50-35)39(37(52)28-31-17-14-24-48-29-31)43(47(56)57-33-20-8-3-9-21-33)42(38)44(53)32-18-6-2-7-19-32/h1-26,29H,27-28H2. The maximum absolute atomic E-state index is 15.1. The van der Waals surface area contributed by atoms with Gasteiger partial charge in [-0.3, -0.25) is 38.9 Å². The van der Waals surface area contributed by atoms with Gasteiger partial charge in [0.25, 0.3) is 0 Å². The lowest BCUT2D eigenvalue weighted by Crippen LogP contribution is -2.31. The normalized spacial score (nSPS) is 10.7. The van der Waals surface area contributed by atoms with E-state index in [2.05, 4.69) is 15.0 Å². The van der Waals surface area contributed by atoms with E-state index in [4.69, 9.17) is 4.74 Å². The lowest BCUT2D eigenvalue weighted by atomic mass is 9.76. The molecule has 7 rings (SSSR count). The Morgan fingerprint density at radius 3 is 1.42 bits per heavy atom. The first-order valence-corrected chi connectivity index (χ1v) is 17.8. The molecule has 10 nitrogen and oxygen atoms in total. The molecule has 0 radical (unpaired) electrons. The van der Waals surface area contributed by atoms with E-state index in [1.807, 2.05) is 0 Å². The number of hydrogen-bond donors (Lipinski definition) is 0. The number of Topliss-reactive ketones (excluding diaryl/α,β-unsaturated/α-hetero) is 2. The van der Waals surface area contributed by atoms with Crippen molar-refractivity contribution in [1.82, 2.24) is 15.0 Å².